The van der Waals surface area contributed by atoms with Gasteiger partial charge in [-0.1, -0.05) is 50.6 Å². The standard InChI is InChI=1S/C16H21NO5/c1-3-9(2)11(12(18)10-7-5-4-6-8-10)17-15(19)13-14(22-13)16(20)21/h4-9,11-14,18H,3H2,1-2H3,(H,17,19)(H,20,21)/t9?,11?,12-,13-,14-/m0/s1. The smallest absolute Gasteiger partial charge is 0.336 e. The number of rotatable bonds is 7. The Morgan fingerprint density at radius 2 is 1.91 bits per heavy atom. The van der Waals surface area contributed by atoms with E-state index in [-0.39, 0.29) is 5.92 Å². The molecule has 3 N–H and O–H groups in total. The molecule has 1 aromatic rings. The Bertz CT molecular complexity index is 533. The third-order valence-electron chi connectivity index (χ3n) is 4.04. The van der Waals surface area contributed by atoms with Crippen LogP contribution in [-0.4, -0.2) is 40.3 Å². The fourth-order valence-electron chi connectivity index (χ4n) is 2.39. The van der Waals surface area contributed by atoms with Gasteiger partial charge in [0.2, 0.25) is 0 Å². The number of benzene rings is 1. The number of carboxylic acid groups (broad SMARTS) is 1. The van der Waals surface area contributed by atoms with Crippen molar-refractivity contribution in [1.29, 1.82) is 0 Å². The largest absolute Gasteiger partial charge is 0.479 e. The molecule has 1 aliphatic heterocycles. The van der Waals surface area contributed by atoms with Gasteiger partial charge in [-0.15, -0.1) is 0 Å². The second-order valence-corrected chi connectivity index (χ2v) is 5.59. The van der Waals surface area contributed by atoms with Crippen molar-refractivity contribution in [1.82, 2.24) is 5.32 Å². The molecule has 1 saturated heterocycles. The molecule has 22 heavy (non-hydrogen) atoms. The van der Waals surface area contributed by atoms with Crippen LogP contribution in [0.15, 0.2) is 30.3 Å². The summed E-state index contributed by atoms with van der Waals surface area (Å²) in [4.78, 5) is 22.8. The summed E-state index contributed by atoms with van der Waals surface area (Å²) in [6.07, 6.45) is -2.14. The molecule has 1 amide bonds. The first-order valence-electron chi connectivity index (χ1n) is 7.37. The second-order valence-electron chi connectivity index (χ2n) is 5.59. The number of amides is 1. The Morgan fingerprint density at radius 1 is 1.27 bits per heavy atom. The molecule has 2 rings (SSSR count). The van der Waals surface area contributed by atoms with Gasteiger partial charge in [-0.3, -0.25) is 4.79 Å². The average molecular weight is 307 g/mol. The van der Waals surface area contributed by atoms with Crippen molar-refractivity contribution >= 4 is 11.9 Å². The normalized spacial score (nSPS) is 24.1. The van der Waals surface area contributed by atoms with Gasteiger partial charge in [0.05, 0.1) is 12.1 Å². The molecule has 1 heterocycles. The van der Waals surface area contributed by atoms with Crippen LogP contribution < -0.4 is 5.32 Å². The Labute approximate surface area is 129 Å². The van der Waals surface area contributed by atoms with Crippen LogP contribution in [0.1, 0.15) is 31.9 Å². The second kappa shape index (κ2) is 6.89. The van der Waals surface area contributed by atoms with Crippen LogP contribution in [0.2, 0.25) is 0 Å². The number of aliphatic carboxylic acids is 1. The lowest BCUT2D eigenvalue weighted by molar-refractivity contribution is -0.138. The summed E-state index contributed by atoms with van der Waals surface area (Å²) in [5.41, 5.74) is 0.708. The van der Waals surface area contributed by atoms with Crippen LogP contribution in [0.4, 0.5) is 0 Å². The predicted octanol–water partition coefficient (Wildman–Crippen LogP) is 1.10. The first-order valence-corrected chi connectivity index (χ1v) is 7.37. The molecule has 1 aliphatic rings. The highest BCUT2D eigenvalue weighted by Gasteiger charge is 2.51. The number of aliphatic hydroxyl groups is 1. The van der Waals surface area contributed by atoms with Gasteiger partial charge in [0.15, 0.2) is 12.2 Å². The molecular weight excluding hydrogens is 286 g/mol. The number of hydrogen-bond donors (Lipinski definition) is 3. The van der Waals surface area contributed by atoms with E-state index >= 15 is 0 Å². The number of ether oxygens (including phenoxy) is 1. The van der Waals surface area contributed by atoms with Crippen LogP contribution in [-0.2, 0) is 14.3 Å². The van der Waals surface area contributed by atoms with Gasteiger partial charge in [0.25, 0.3) is 5.91 Å². The Morgan fingerprint density at radius 3 is 2.41 bits per heavy atom. The van der Waals surface area contributed by atoms with Gasteiger partial charge < -0.3 is 20.3 Å². The molecule has 1 aromatic carbocycles. The highest BCUT2D eigenvalue weighted by Crippen LogP contribution is 2.27. The van der Waals surface area contributed by atoms with Crippen molar-refractivity contribution in [3.05, 3.63) is 35.9 Å². The van der Waals surface area contributed by atoms with E-state index in [2.05, 4.69) is 5.32 Å². The topological polar surface area (TPSA) is 99.2 Å². The van der Waals surface area contributed by atoms with E-state index in [0.29, 0.717) is 5.56 Å². The fraction of sp³-hybridized carbons (Fsp3) is 0.500. The quantitative estimate of drug-likeness (QED) is 0.655. The monoisotopic (exact) mass is 307 g/mol. The summed E-state index contributed by atoms with van der Waals surface area (Å²) in [6, 6.07) is 8.57. The zero-order valence-electron chi connectivity index (χ0n) is 12.6. The van der Waals surface area contributed by atoms with Gasteiger partial charge in [0, 0.05) is 0 Å². The van der Waals surface area contributed by atoms with Crippen molar-refractivity contribution in [3.8, 4) is 0 Å². The highest BCUT2D eigenvalue weighted by molar-refractivity contribution is 5.92. The summed E-state index contributed by atoms with van der Waals surface area (Å²) in [7, 11) is 0. The molecule has 0 aromatic heterocycles. The fourth-order valence-corrected chi connectivity index (χ4v) is 2.39. The Kier molecular flexibility index (Phi) is 5.15. The summed E-state index contributed by atoms with van der Waals surface area (Å²) >= 11 is 0. The van der Waals surface area contributed by atoms with E-state index in [1.165, 1.54) is 0 Å². The predicted molar refractivity (Wildman–Crippen MR) is 79.1 cm³/mol. The lowest BCUT2D eigenvalue weighted by Gasteiger charge is -2.29. The summed E-state index contributed by atoms with van der Waals surface area (Å²) < 4.78 is 4.85. The molecule has 0 spiro atoms. The number of carboxylic acids is 1. The minimum Gasteiger partial charge on any atom is -0.479 e. The number of carbonyl (C=O) groups is 2. The maximum absolute atomic E-state index is 12.1. The first kappa shape index (κ1) is 16.5. The van der Waals surface area contributed by atoms with Crippen LogP contribution in [0.25, 0.3) is 0 Å². The minimum absolute atomic E-state index is 0.0289. The molecule has 0 radical (unpaired) electrons. The number of epoxide rings is 1. The maximum Gasteiger partial charge on any atom is 0.336 e. The van der Waals surface area contributed by atoms with Gasteiger partial charge in [-0.25, -0.2) is 4.79 Å². The minimum atomic E-state index is -1.15. The molecule has 120 valence electrons. The molecule has 0 saturated carbocycles. The van der Waals surface area contributed by atoms with E-state index in [9.17, 15) is 14.7 Å². The highest BCUT2D eigenvalue weighted by atomic mass is 16.6. The van der Waals surface area contributed by atoms with Crippen molar-refractivity contribution < 1.29 is 24.5 Å². The molecule has 0 aliphatic carbocycles. The molecule has 5 atom stereocenters. The molecule has 2 unspecified atom stereocenters. The average Bonchev–Trinajstić information content (AvgIpc) is 3.32. The zero-order valence-corrected chi connectivity index (χ0v) is 12.6. The first-order chi connectivity index (χ1) is 10.5. The van der Waals surface area contributed by atoms with Crippen LogP contribution in [0.3, 0.4) is 0 Å². The van der Waals surface area contributed by atoms with Gasteiger partial charge >= 0.3 is 5.97 Å². The van der Waals surface area contributed by atoms with Gasteiger partial charge in [-0.05, 0) is 11.5 Å². The van der Waals surface area contributed by atoms with E-state index in [4.69, 9.17) is 9.84 Å². The van der Waals surface area contributed by atoms with E-state index in [1.807, 2.05) is 32.0 Å². The number of aliphatic hydroxyl groups excluding tert-OH is 1. The summed E-state index contributed by atoms with van der Waals surface area (Å²) in [5, 5.41) is 22.1. The zero-order chi connectivity index (χ0) is 16.3. The van der Waals surface area contributed by atoms with Gasteiger partial charge in [-0.2, -0.15) is 0 Å². The molecular formula is C16H21NO5. The van der Waals surface area contributed by atoms with Crippen LogP contribution >= 0.6 is 0 Å². The number of carbonyl (C=O) groups excluding carboxylic acids is 1. The van der Waals surface area contributed by atoms with Crippen molar-refractivity contribution in [2.45, 2.75) is 44.6 Å². The molecule has 6 heteroatoms. The Hall–Kier alpha value is -1.92. The third kappa shape index (κ3) is 3.64. The summed E-state index contributed by atoms with van der Waals surface area (Å²) in [5.74, 6) is -1.61. The lowest BCUT2D eigenvalue weighted by Crippen LogP contribution is -2.45. The lowest BCUT2D eigenvalue weighted by atomic mass is 9.90. The number of nitrogens with one attached hydrogen (secondary N) is 1. The third-order valence-corrected chi connectivity index (χ3v) is 4.04. The van der Waals surface area contributed by atoms with E-state index in [0.717, 1.165) is 6.42 Å². The van der Waals surface area contributed by atoms with E-state index < -0.39 is 36.2 Å². The summed E-state index contributed by atoms with van der Waals surface area (Å²) in [6.45, 7) is 3.90. The van der Waals surface area contributed by atoms with Gasteiger partial charge in [0.1, 0.15) is 0 Å². The van der Waals surface area contributed by atoms with Crippen LogP contribution in [0, 0.1) is 5.92 Å². The van der Waals surface area contributed by atoms with Crippen molar-refractivity contribution in [3.63, 3.8) is 0 Å². The number of hydrogen-bond acceptors (Lipinski definition) is 4. The van der Waals surface area contributed by atoms with E-state index in [1.54, 1.807) is 12.1 Å². The molecule has 1 fully saturated rings. The SMILES string of the molecule is CCC(C)C(NC(=O)[C@H]1O[C@@H]1C(=O)O)[C@@H](O)c1ccccc1. The Balaban J connectivity index is 2.07. The maximum atomic E-state index is 12.1. The van der Waals surface area contributed by atoms with Crippen molar-refractivity contribution in [2.24, 2.45) is 5.92 Å². The van der Waals surface area contributed by atoms with Crippen molar-refractivity contribution in [2.75, 3.05) is 0 Å². The molecule has 0 bridgehead atoms. The molecule has 6 nitrogen and oxygen atoms in total. The van der Waals surface area contributed by atoms with Crippen LogP contribution in [0.5, 0.6) is 0 Å².